The van der Waals surface area contributed by atoms with Crippen molar-refractivity contribution < 1.29 is 27.3 Å². The van der Waals surface area contributed by atoms with Crippen LogP contribution in [0.15, 0.2) is 35.6 Å². The Labute approximate surface area is 168 Å². The van der Waals surface area contributed by atoms with Crippen LogP contribution >= 0.6 is 23.4 Å². The first kappa shape index (κ1) is 20.8. The van der Waals surface area contributed by atoms with Crippen LogP contribution in [-0.2, 0) is 11.0 Å². The molecule has 3 rings (SSSR count). The minimum Gasteiger partial charge on any atom is -0.323 e. The Hall–Kier alpha value is -2.93. The molecule has 1 N–H and O–H groups in total. The van der Waals surface area contributed by atoms with Gasteiger partial charge in [0.2, 0.25) is 5.91 Å². The van der Waals surface area contributed by atoms with E-state index in [0.717, 1.165) is 40.6 Å². The maximum atomic E-state index is 13.7. The molecule has 2 aromatic heterocycles. The second-order valence-corrected chi connectivity index (χ2v) is 6.86. The summed E-state index contributed by atoms with van der Waals surface area (Å²) >= 11 is 6.52. The number of anilines is 1. The van der Waals surface area contributed by atoms with Crippen LogP contribution in [0.5, 0.6) is 0 Å². The normalized spacial score (nSPS) is 11.6. The summed E-state index contributed by atoms with van der Waals surface area (Å²) < 4.78 is 53.6. The number of rotatable bonds is 5. The molecule has 0 fully saturated rings. The zero-order valence-electron chi connectivity index (χ0n) is 13.9. The standard InChI is InChI=1S/C15H8ClF4N5O3S/c16-9-3-7(15(18,19)20)5-24-13(9)22-23-14(24)29-6-12(26)21-11-4-8(25(27)28)1-2-10(11)17/h1-5H,6H2,(H,21,26). The van der Waals surface area contributed by atoms with E-state index in [9.17, 15) is 32.5 Å². The van der Waals surface area contributed by atoms with E-state index in [2.05, 4.69) is 15.5 Å². The van der Waals surface area contributed by atoms with Gasteiger partial charge in [-0.3, -0.25) is 19.3 Å². The van der Waals surface area contributed by atoms with Gasteiger partial charge in [-0.15, -0.1) is 10.2 Å². The molecule has 1 amide bonds. The molecular formula is C15H8ClF4N5O3S. The number of pyridine rings is 1. The average Bonchev–Trinajstić information content (AvgIpc) is 3.04. The third kappa shape index (κ3) is 4.56. The quantitative estimate of drug-likeness (QED) is 0.271. The number of nitro benzene ring substituents is 1. The van der Waals surface area contributed by atoms with Gasteiger partial charge in [0.1, 0.15) is 5.82 Å². The number of nitro groups is 1. The van der Waals surface area contributed by atoms with Crippen molar-refractivity contribution in [2.75, 3.05) is 11.1 Å². The van der Waals surface area contributed by atoms with Gasteiger partial charge in [-0.2, -0.15) is 13.2 Å². The molecule has 14 heteroatoms. The molecule has 3 aromatic rings. The fraction of sp³-hybridized carbons (Fsp3) is 0.133. The summed E-state index contributed by atoms with van der Waals surface area (Å²) in [5.74, 6) is -2.02. The summed E-state index contributed by atoms with van der Waals surface area (Å²) in [7, 11) is 0. The molecular weight excluding hydrogens is 442 g/mol. The number of hydrogen-bond acceptors (Lipinski definition) is 6. The van der Waals surface area contributed by atoms with Crippen LogP contribution in [0, 0.1) is 15.9 Å². The third-order valence-electron chi connectivity index (χ3n) is 3.52. The molecule has 1 aromatic carbocycles. The van der Waals surface area contributed by atoms with Gasteiger partial charge in [0.05, 0.1) is 26.9 Å². The molecule has 0 saturated heterocycles. The van der Waals surface area contributed by atoms with Crippen LogP contribution < -0.4 is 5.32 Å². The van der Waals surface area contributed by atoms with Crippen molar-refractivity contribution in [3.8, 4) is 0 Å². The summed E-state index contributed by atoms with van der Waals surface area (Å²) in [5.41, 5.74) is -1.89. The predicted molar refractivity (Wildman–Crippen MR) is 95.4 cm³/mol. The van der Waals surface area contributed by atoms with Crippen LogP contribution in [0.1, 0.15) is 5.56 Å². The number of carbonyl (C=O) groups excluding carboxylic acids is 1. The number of fused-ring (bicyclic) bond motifs is 1. The highest BCUT2D eigenvalue weighted by Gasteiger charge is 2.32. The van der Waals surface area contributed by atoms with E-state index in [-0.39, 0.29) is 21.6 Å². The first-order valence-electron chi connectivity index (χ1n) is 7.54. The van der Waals surface area contributed by atoms with E-state index in [1.807, 2.05) is 0 Å². The highest BCUT2D eigenvalue weighted by atomic mass is 35.5. The van der Waals surface area contributed by atoms with Gasteiger partial charge in [-0.05, 0) is 12.1 Å². The lowest BCUT2D eigenvalue weighted by atomic mass is 10.2. The highest BCUT2D eigenvalue weighted by Crippen LogP contribution is 2.33. The fourth-order valence-corrected chi connectivity index (χ4v) is 3.18. The van der Waals surface area contributed by atoms with Crippen molar-refractivity contribution in [3.05, 3.63) is 57.0 Å². The van der Waals surface area contributed by atoms with E-state index in [4.69, 9.17) is 11.6 Å². The Kier molecular flexibility index (Phi) is 5.61. The first-order chi connectivity index (χ1) is 13.6. The van der Waals surface area contributed by atoms with Gasteiger partial charge >= 0.3 is 6.18 Å². The van der Waals surface area contributed by atoms with Crippen LogP contribution in [0.25, 0.3) is 5.65 Å². The van der Waals surface area contributed by atoms with E-state index < -0.39 is 39.8 Å². The number of carbonyl (C=O) groups is 1. The van der Waals surface area contributed by atoms with Gasteiger partial charge in [0.25, 0.3) is 5.69 Å². The van der Waals surface area contributed by atoms with Crippen LogP contribution in [0.4, 0.5) is 28.9 Å². The molecule has 0 unspecified atom stereocenters. The van der Waals surface area contributed by atoms with E-state index in [1.165, 1.54) is 0 Å². The zero-order valence-corrected chi connectivity index (χ0v) is 15.5. The number of thioether (sulfide) groups is 1. The van der Waals surface area contributed by atoms with Crippen molar-refractivity contribution >= 4 is 46.3 Å². The maximum absolute atomic E-state index is 13.7. The molecule has 8 nitrogen and oxygen atoms in total. The van der Waals surface area contributed by atoms with Gasteiger partial charge in [0.15, 0.2) is 10.8 Å². The van der Waals surface area contributed by atoms with Crippen molar-refractivity contribution in [2.24, 2.45) is 0 Å². The summed E-state index contributed by atoms with van der Waals surface area (Å²) in [5, 5.41) is 19.9. The maximum Gasteiger partial charge on any atom is 0.417 e. The molecule has 0 aliphatic rings. The number of nitrogens with one attached hydrogen (secondary N) is 1. The second-order valence-electron chi connectivity index (χ2n) is 5.51. The molecule has 2 heterocycles. The fourth-order valence-electron chi connectivity index (χ4n) is 2.23. The highest BCUT2D eigenvalue weighted by molar-refractivity contribution is 7.99. The molecule has 152 valence electrons. The number of aromatic nitrogens is 3. The Morgan fingerprint density at radius 1 is 1.31 bits per heavy atom. The molecule has 0 bridgehead atoms. The summed E-state index contributed by atoms with van der Waals surface area (Å²) in [4.78, 5) is 22.0. The SMILES string of the molecule is O=C(CSc1nnc2c(Cl)cc(C(F)(F)F)cn12)Nc1cc([N+](=O)[O-])ccc1F. The summed E-state index contributed by atoms with van der Waals surface area (Å²) in [6, 6.07) is 3.31. The number of alkyl halides is 3. The first-order valence-corrected chi connectivity index (χ1v) is 8.90. The van der Waals surface area contributed by atoms with Gasteiger partial charge < -0.3 is 5.32 Å². The van der Waals surface area contributed by atoms with Crippen molar-refractivity contribution in [1.29, 1.82) is 0 Å². The number of non-ortho nitro benzene ring substituents is 1. The molecule has 0 aliphatic heterocycles. The number of halogens is 5. The van der Waals surface area contributed by atoms with Crippen LogP contribution in [-0.4, -0.2) is 31.2 Å². The Morgan fingerprint density at radius 3 is 2.69 bits per heavy atom. The topological polar surface area (TPSA) is 102 Å². The molecule has 0 aliphatic carbocycles. The Balaban J connectivity index is 1.77. The van der Waals surface area contributed by atoms with Gasteiger partial charge in [0, 0.05) is 18.3 Å². The molecule has 29 heavy (non-hydrogen) atoms. The van der Waals surface area contributed by atoms with Crippen LogP contribution in [0.3, 0.4) is 0 Å². The lowest BCUT2D eigenvalue weighted by molar-refractivity contribution is -0.384. The van der Waals surface area contributed by atoms with E-state index >= 15 is 0 Å². The summed E-state index contributed by atoms with van der Waals surface area (Å²) in [6.45, 7) is 0. The largest absolute Gasteiger partial charge is 0.417 e. The number of nitrogens with zero attached hydrogens (tertiary/aromatic N) is 4. The Morgan fingerprint density at radius 2 is 2.03 bits per heavy atom. The molecule has 0 atom stereocenters. The van der Waals surface area contributed by atoms with Gasteiger partial charge in [-0.25, -0.2) is 4.39 Å². The lowest BCUT2D eigenvalue weighted by Crippen LogP contribution is -2.15. The van der Waals surface area contributed by atoms with E-state index in [1.54, 1.807) is 0 Å². The third-order valence-corrected chi connectivity index (χ3v) is 4.74. The van der Waals surface area contributed by atoms with E-state index in [0.29, 0.717) is 6.07 Å². The molecule has 0 radical (unpaired) electrons. The Bertz CT molecular complexity index is 1120. The van der Waals surface area contributed by atoms with Gasteiger partial charge in [-0.1, -0.05) is 23.4 Å². The van der Waals surface area contributed by atoms with Crippen molar-refractivity contribution in [2.45, 2.75) is 11.3 Å². The molecule has 0 spiro atoms. The predicted octanol–water partition coefficient (Wildman–Crippen LogP) is 4.18. The smallest absolute Gasteiger partial charge is 0.323 e. The van der Waals surface area contributed by atoms with Crippen LogP contribution in [0.2, 0.25) is 5.02 Å². The number of amides is 1. The number of benzene rings is 1. The summed E-state index contributed by atoms with van der Waals surface area (Å²) in [6.07, 6.45) is -3.91. The zero-order chi connectivity index (χ0) is 21.3. The van der Waals surface area contributed by atoms with Crippen molar-refractivity contribution in [1.82, 2.24) is 14.6 Å². The average molecular weight is 450 g/mol. The van der Waals surface area contributed by atoms with Crippen molar-refractivity contribution in [3.63, 3.8) is 0 Å². The minimum atomic E-state index is -4.65. The molecule has 0 saturated carbocycles. The second kappa shape index (κ2) is 7.83. The lowest BCUT2D eigenvalue weighted by Gasteiger charge is -2.09. The monoisotopic (exact) mass is 449 g/mol. The minimum absolute atomic E-state index is 0.0349. The number of hydrogen-bond donors (Lipinski definition) is 1.